The van der Waals surface area contributed by atoms with Crippen LogP contribution in [0.5, 0.6) is 0 Å². The first-order valence-electron chi connectivity index (χ1n) is 5.94. The van der Waals surface area contributed by atoms with Crippen LogP contribution in [-0.4, -0.2) is 15.2 Å². The van der Waals surface area contributed by atoms with Crippen LogP contribution in [0.25, 0.3) is 0 Å². The van der Waals surface area contributed by atoms with Gasteiger partial charge >= 0.3 is 91.0 Å². The van der Waals surface area contributed by atoms with Gasteiger partial charge in [0.05, 0.1) is 0 Å². The van der Waals surface area contributed by atoms with E-state index in [1.54, 1.807) is 0 Å². The largest absolute Gasteiger partial charge is 1.00 e. The first-order valence-corrected chi connectivity index (χ1v) is 7.58. The molecular formula is C12H26AlCl. The Kier molecular flexibility index (Phi) is 14.6. The van der Waals surface area contributed by atoms with Crippen LogP contribution in [0, 0.1) is 11.8 Å². The molecule has 0 saturated carbocycles. The van der Waals surface area contributed by atoms with Crippen molar-refractivity contribution in [2.24, 2.45) is 11.8 Å². The molecule has 0 fully saturated rings. The third-order valence-corrected chi connectivity index (χ3v) is 4.01. The van der Waals surface area contributed by atoms with Gasteiger partial charge in [0.1, 0.15) is 0 Å². The van der Waals surface area contributed by atoms with Crippen molar-refractivity contribution in [1.29, 1.82) is 0 Å². The fourth-order valence-corrected chi connectivity index (χ4v) is 2.82. The summed E-state index contributed by atoms with van der Waals surface area (Å²) in [4.78, 5) is 0. The molecule has 0 aromatic heterocycles. The van der Waals surface area contributed by atoms with Crippen LogP contribution in [0.3, 0.4) is 0 Å². The van der Waals surface area contributed by atoms with E-state index >= 15 is 0 Å². The van der Waals surface area contributed by atoms with Gasteiger partial charge in [0.15, 0.2) is 0 Å². The standard InChI is InChI=1S/2C6H13.Al.ClH/c2*1-4-5-6(2)3;;/h2*6H,1,4-5H2,2-3H3;;1H/q;;+1;/p-1. The van der Waals surface area contributed by atoms with Crippen molar-refractivity contribution >= 4 is 15.2 Å². The minimum absolute atomic E-state index is 0. The maximum absolute atomic E-state index is 2.33. The average Bonchev–Trinajstić information content (AvgIpc) is 2.01. The van der Waals surface area contributed by atoms with Crippen molar-refractivity contribution in [2.45, 2.75) is 63.9 Å². The van der Waals surface area contributed by atoms with Crippen LogP contribution in [0.1, 0.15) is 53.4 Å². The first kappa shape index (κ1) is 17.2. The van der Waals surface area contributed by atoms with Crippen LogP contribution >= 0.6 is 0 Å². The van der Waals surface area contributed by atoms with Crippen molar-refractivity contribution in [3.05, 3.63) is 0 Å². The molecular weight excluding hydrogens is 207 g/mol. The Morgan fingerprint density at radius 1 is 0.786 bits per heavy atom. The minimum Gasteiger partial charge on any atom is -1.00 e. The van der Waals surface area contributed by atoms with E-state index in [-0.39, 0.29) is 12.4 Å². The molecule has 0 aromatic rings. The molecule has 0 heterocycles. The number of hydrogen-bond acceptors (Lipinski definition) is 0. The molecule has 2 heteroatoms. The van der Waals surface area contributed by atoms with Crippen LogP contribution in [0.15, 0.2) is 0 Å². The number of rotatable bonds is 8. The van der Waals surface area contributed by atoms with Crippen LogP contribution in [0.2, 0.25) is 10.6 Å². The predicted octanol–water partition coefficient (Wildman–Crippen LogP) is 1.40. The maximum atomic E-state index is 2.33. The van der Waals surface area contributed by atoms with E-state index < -0.39 is 0 Å². The zero-order valence-corrected chi connectivity index (χ0v) is 12.3. The number of halogens is 1. The summed E-state index contributed by atoms with van der Waals surface area (Å²) < 4.78 is 0. The van der Waals surface area contributed by atoms with Crippen molar-refractivity contribution in [1.82, 2.24) is 0 Å². The molecule has 0 aliphatic rings. The molecule has 0 saturated heterocycles. The summed E-state index contributed by atoms with van der Waals surface area (Å²) in [5.74, 6) is 1.82. The van der Waals surface area contributed by atoms with Gasteiger partial charge in [-0.3, -0.25) is 0 Å². The Hall–Kier alpha value is 0.822. The van der Waals surface area contributed by atoms with Gasteiger partial charge in [-0.1, -0.05) is 0 Å². The Morgan fingerprint density at radius 3 is 1.43 bits per heavy atom. The molecule has 0 nitrogen and oxygen atoms in total. The Labute approximate surface area is 103 Å². The smallest absolute Gasteiger partial charge is 1.00 e. The summed E-state index contributed by atoms with van der Waals surface area (Å²) in [6, 6.07) is 0. The second kappa shape index (κ2) is 11.9. The van der Waals surface area contributed by atoms with Crippen molar-refractivity contribution in [3.8, 4) is 0 Å². The summed E-state index contributed by atoms with van der Waals surface area (Å²) in [5.41, 5.74) is 0. The Balaban J connectivity index is 0. The molecule has 0 bridgehead atoms. The number of hydrogen-bond donors (Lipinski definition) is 0. The Morgan fingerprint density at radius 2 is 1.14 bits per heavy atom. The molecule has 0 amide bonds. The molecule has 14 heavy (non-hydrogen) atoms. The molecule has 0 aromatic carbocycles. The van der Waals surface area contributed by atoms with E-state index in [9.17, 15) is 0 Å². The van der Waals surface area contributed by atoms with Gasteiger partial charge in [-0.15, -0.1) is 0 Å². The summed E-state index contributed by atoms with van der Waals surface area (Å²) in [6.07, 6.45) is 5.84. The summed E-state index contributed by atoms with van der Waals surface area (Å²) in [5, 5.41) is 3.08. The third kappa shape index (κ3) is 15.3. The molecule has 84 valence electrons. The summed E-state index contributed by atoms with van der Waals surface area (Å²) in [6.45, 7) is 9.31. The first-order chi connectivity index (χ1) is 6.13. The van der Waals surface area contributed by atoms with Crippen LogP contribution < -0.4 is 12.4 Å². The third-order valence-electron chi connectivity index (χ3n) is 2.38. The second-order valence-corrected chi connectivity index (χ2v) is 6.67. The Bertz CT molecular complexity index is 90.5. The van der Waals surface area contributed by atoms with Crippen molar-refractivity contribution in [2.75, 3.05) is 0 Å². The second-order valence-electron chi connectivity index (χ2n) is 4.94. The molecule has 0 spiro atoms. The fourth-order valence-electron chi connectivity index (χ4n) is 1.49. The summed E-state index contributed by atoms with van der Waals surface area (Å²) >= 11 is 0.778. The van der Waals surface area contributed by atoms with E-state index in [0.717, 1.165) is 27.1 Å². The van der Waals surface area contributed by atoms with Gasteiger partial charge in [0, 0.05) is 0 Å². The van der Waals surface area contributed by atoms with Gasteiger partial charge < -0.3 is 12.4 Å². The average molecular weight is 233 g/mol. The van der Waals surface area contributed by atoms with E-state index in [1.165, 1.54) is 36.2 Å². The molecule has 0 aliphatic heterocycles. The van der Waals surface area contributed by atoms with E-state index in [1.807, 2.05) is 0 Å². The quantitative estimate of drug-likeness (QED) is 0.439. The van der Waals surface area contributed by atoms with Gasteiger partial charge in [-0.25, -0.2) is 0 Å². The van der Waals surface area contributed by atoms with Crippen molar-refractivity contribution in [3.63, 3.8) is 0 Å². The SMILES string of the molecule is CC(C)CC[CH2][Al+][CH2]CCC(C)C.[Cl-]. The zero-order chi connectivity index (χ0) is 10.1. The van der Waals surface area contributed by atoms with Crippen molar-refractivity contribution < 1.29 is 12.4 Å². The van der Waals surface area contributed by atoms with Gasteiger partial charge in [-0.05, 0) is 0 Å². The molecule has 0 aliphatic carbocycles. The molecule has 0 rings (SSSR count). The van der Waals surface area contributed by atoms with E-state index in [2.05, 4.69) is 27.7 Å². The maximum Gasteiger partial charge on any atom is -1.00 e. The molecule has 0 unspecified atom stereocenters. The summed E-state index contributed by atoms with van der Waals surface area (Å²) in [7, 11) is 0. The topological polar surface area (TPSA) is 0 Å². The van der Waals surface area contributed by atoms with E-state index in [4.69, 9.17) is 0 Å². The van der Waals surface area contributed by atoms with Gasteiger partial charge in [-0.2, -0.15) is 0 Å². The normalized spacial score (nSPS) is 10.1. The fraction of sp³-hybridized carbons (Fsp3) is 1.00. The van der Waals surface area contributed by atoms with Gasteiger partial charge in [0.25, 0.3) is 0 Å². The van der Waals surface area contributed by atoms with E-state index in [0.29, 0.717) is 0 Å². The molecule has 0 N–H and O–H groups in total. The molecule has 0 radical (unpaired) electrons. The monoisotopic (exact) mass is 232 g/mol. The predicted molar refractivity (Wildman–Crippen MR) is 63.5 cm³/mol. The van der Waals surface area contributed by atoms with Crippen LogP contribution in [-0.2, 0) is 0 Å². The van der Waals surface area contributed by atoms with Gasteiger partial charge in [0.2, 0.25) is 0 Å². The van der Waals surface area contributed by atoms with Crippen LogP contribution in [0.4, 0.5) is 0 Å². The zero-order valence-electron chi connectivity index (χ0n) is 10.4. The minimum atomic E-state index is 0. The molecule has 0 atom stereocenters.